The summed E-state index contributed by atoms with van der Waals surface area (Å²) in [6.07, 6.45) is 8.58. The summed E-state index contributed by atoms with van der Waals surface area (Å²) in [6, 6.07) is 1.57. The molecule has 0 radical (unpaired) electrons. The summed E-state index contributed by atoms with van der Waals surface area (Å²) in [4.78, 5) is 2.60. The molecule has 1 saturated carbocycles. The van der Waals surface area contributed by atoms with Gasteiger partial charge in [0, 0.05) is 12.1 Å². The third-order valence-corrected chi connectivity index (χ3v) is 4.59. The van der Waals surface area contributed by atoms with E-state index >= 15 is 0 Å². The topological polar surface area (TPSA) is 15.3 Å². The predicted molar refractivity (Wildman–Crippen MR) is 69.7 cm³/mol. The maximum Gasteiger partial charge on any atom is 0.00941 e. The molecule has 1 heterocycles. The number of piperidine rings is 1. The van der Waals surface area contributed by atoms with Crippen molar-refractivity contribution in [3.8, 4) is 0 Å². The van der Waals surface area contributed by atoms with Gasteiger partial charge < -0.3 is 10.2 Å². The Hall–Kier alpha value is -0.0800. The van der Waals surface area contributed by atoms with Crippen LogP contribution in [0.5, 0.6) is 0 Å². The van der Waals surface area contributed by atoms with Crippen LogP contribution in [0.25, 0.3) is 0 Å². The van der Waals surface area contributed by atoms with Crippen molar-refractivity contribution in [2.75, 3.05) is 19.6 Å². The molecule has 0 bridgehead atoms. The van der Waals surface area contributed by atoms with Crippen LogP contribution in [0.3, 0.4) is 0 Å². The van der Waals surface area contributed by atoms with Crippen molar-refractivity contribution in [1.82, 2.24) is 10.2 Å². The molecule has 0 spiro atoms. The number of nitrogens with one attached hydrogen (secondary N) is 1. The highest BCUT2D eigenvalue weighted by molar-refractivity contribution is 4.83. The Balaban J connectivity index is 1.67. The molecule has 0 aromatic rings. The van der Waals surface area contributed by atoms with Gasteiger partial charge in [-0.05, 0) is 58.2 Å². The Kier molecular flexibility index (Phi) is 4.66. The van der Waals surface area contributed by atoms with Crippen LogP contribution in [0.15, 0.2) is 0 Å². The highest BCUT2D eigenvalue weighted by Crippen LogP contribution is 2.24. The van der Waals surface area contributed by atoms with E-state index in [1.54, 1.807) is 0 Å². The Labute approximate surface area is 101 Å². The lowest BCUT2D eigenvalue weighted by Gasteiger charge is -2.37. The Morgan fingerprint density at radius 2 is 1.94 bits per heavy atom. The van der Waals surface area contributed by atoms with Gasteiger partial charge in [0.25, 0.3) is 0 Å². The molecule has 1 aliphatic heterocycles. The monoisotopic (exact) mass is 224 g/mol. The Morgan fingerprint density at radius 1 is 1.19 bits per heavy atom. The third-order valence-electron chi connectivity index (χ3n) is 4.59. The fourth-order valence-electron chi connectivity index (χ4n) is 3.42. The zero-order valence-electron chi connectivity index (χ0n) is 11.0. The molecule has 2 heteroatoms. The van der Waals surface area contributed by atoms with E-state index in [2.05, 4.69) is 24.1 Å². The molecule has 0 amide bonds. The second-order valence-electron chi connectivity index (χ2n) is 5.76. The van der Waals surface area contributed by atoms with Crippen LogP contribution < -0.4 is 5.32 Å². The van der Waals surface area contributed by atoms with Gasteiger partial charge in [0.1, 0.15) is 0 Å². The molecule has 0 aromatic heterocycles. The van der Waals surface area contributed by atoms with Crippen LogP contribution in [0.4, 0.5) is 0 Å². The van der Waals surface area contributed by atoms with E-state index in [4.69, 9.17) is 0 Å². The molecule has 2 rings (SSSR count). The van der Waals surface area contributed by atoms with Crippen LogP contribution in [0.1, 0.15) is 52.4 Å². The smallest absolute Gasteiger partial charge is 0.00941 e. The summed E-state index contributed by atoms with van der Waals surface area (Å²) in [6.45, 7) is 8.45. The van der Waals surface area contributed by atoms with Crippen molar-refractivity contribution < 1.29 is 0 Å². The summed E-state index contributed by atoms with van der Waals surface area (Å²) in [5.74, 6) is 0.986. The summed E-state index contributed by atoms with van der Waals surface area (Å²) in [5, 5.41) is 3.81. The Morgan fingerprint density at radius 3 is 2.56 bits per heavy atom. The zero-order chi connectivity index (χ0) is 11.4. The van der Waals surface area contributed by atoms with Gasteiger partial charge in [-0.2, -0.15) is 0 Å². The number of rotatable bonds is 4. The molecule has 94 valence electrons. The molecular weight excluding hydrogens is 196 g/mol. The minimum atomic E-state index is 0.778. The molecule has 16 heavy (non-hydrogen) atoms. The van der Waals surface area contributed by atoms with E-state index in [9.17, 15) is 0 Å². The lowest BCUT2D eigenvalue weighted by atomic mass is 9.97. The largest absolute Gasteiger partial charge is 0.314 e. The van der Waals surface area contributed by atoms with Gasteiger partial charge in [-0.15, -0.1) is 0 Å². The molecule has 2 nitrogen and oxygen atoms in total. The Bertz CT molecular complexity index is 199. The van der Waals surface area contributed by atoms with Crippen molar-refractivity contribution in [2.24, 2.45) is 5.92 Å². The first kappa shape index (κ1) is 12.4. The molecule has 1 aliphatic carbocycles. The van der Waals surface area contributed by atoms with Crippen LogP contribution in [0.2, 0.25) is 0 Å². The SMILES string of the molecule is CCN1CCC(NCC2CCCC2)CC1C. The van der Waals surface area contributed by atoms with Gasteiger partial charge in [0.2, 0.25) is 0 Å². The normalized spacial score (nSPS) is 33.4. The average Bonchev–Trinajstić information content (AvgIpc) is 2.79. The minimum Gasteiger partial charge on any atom is -0.314 e. The first-order valence-corrected chi connectivity index (χ1v) is 7.27. The first-order valence-electron chi connectivity index (χ1n) is 7.27. The molecule has 2 unspecified atom stereocenters. The first-order chi connectivity index (χ1) is 7.79. The summed E-state index contributed by atoms with van der Waals surface area (Å²) in [5.41, 5.74) is 0. The van der Waals surface area contributed by atoms with E-state index in [1.807, 2.05) is 0 Å². The molecule has 0 aromatic carbocycles. The van der Waals surface area contributed by atoms with Gasteiger partial charge in [-0.1, -0.05) is 19.8 Å². The highest BCUT2D eigenvalue weighted by Gasteiger charge is 2.24. The second-order valence-corrected chi connectivity index (χ2v) is 5.76. The predicted octanol–water partition coefficient (Wildman–Crippen LogP) is 2.64. The molecular formula is C14H28N2. The highest BCUT2D eigenvalue weighted by atomic mass is 15.2. The van der Waals surface area contributed by atoms with E-state index in [-0.39, 0.29) is 0 Å². The van der Waals surface area contributed by atoms with Crippen LogP contribution in [0, 0.1) is 5.92 Å². The van der Waals surface area contributed by atoms with Gasteiger partial charge >= 0.3 is 0 Å². The van der Waals surface area contributed by atoms with Gasteiger partial charge in [0.05, 0.1) is 0 Å². The van der Waals surface area contributed by atoms with E-state index in [0.29, 0.717) is 0 Å². The third kappa shape index (κ3) is 3.21. The quantitative estimate of drug-likeness (QED) is 0.790. The molecule has 1 N–H and O–H groups in total. The molecule has 1 saturated heterocycles. The lowest BCUT2D eigenvalue weighted by molar-refractivity contribution is 0.141. The van der Waals surface area contributed by atoms with Crippen LogP contribution >= 0.6 is 0 Å². The van der Waals surface area contributed by atoms with Crippen molar-refractivity contribution in [2.45, 2.75) is 64.5 Å². The summed E-state index contributed by atoms with van der Waals surface area (Å²) < 4.78 is 0. The van der Waals surface area contributed by atoms with Crippen molar-refractivity contribution in [3.63, 3.8) is 0 Å². The van der Waals surface area contributed by atoms with Crippen LogP contribution in [-0.4, -0.2) is 36.6 Å². The summed E-state index contributed by atoms with van der Waals surface area (Å²) in [7, 11) is 0. The maximum absolute atomic E-state index is 3.81. The van der Waals surface area contributed by atoms with Gasteiger partial charge in [-0.3, -0.25) is 0 Å². The molecule has 2 atom stereocenters. The van der Waals surface area contributed by atoms with E-state index < -0.39 is 0 Å². The van der Waals surface area contributed by atoms with E-state index in [0.717, 1.165) is 18.0 Å². The van der Waals surface area contributed by atoms with Crippen molar-refractivity contribution in [3.05, 3.63) is 0 Å². The van der Waals surface area contributed by atoms with E-state index in [1.165, 1.54) is 58.2 Å². The average molecular weight is 224 g/mol. The molecule has 2 fully saturated rings. The number of likely N-dealkylation sites (tertiary alicyclic amines) is 1. The minimum absolute atomic E-state index is 0.778. The van der Waals surface area contributed by atoms with Crippen molar-refractivity contribution in [1.29, 1.82) is 0 Å². The number of nitrogens with zero attached hydrogens (tertiary/aromatic N) is 1. The maximum atomic E-state index is 3.81. The fraction of sp³-hybridized carbons (Fsp3) is 1.00. The summed E-state index contributed by atoms with van der Waals surface area (Å²) >= 11 is 0. The standard InChI is InChI=1S/C14H28N2/c1-3-16-9-8-14(10-12(16)2)15-11-13-6-4-5-7-13/h12-15H,3-11H2,1-2H3. The van der Waals surface area contributed by atoms with Crippen LogP contribution in [-0.2, 0) is 0 Å². The number of hydrogen-bond acceptors (Lipinski definition) is 2. The fourth-order valence-corrected chi connectivity index (χ4v) is 3.42. The van der Waals surface area contributed by atoms with Gasteiger partial charge in [-0.25, -0.2) is 0 Å². The molecule has 2 aliphatic rings. The van der Waals surface area contributed by atoms with Crippen molar-refractivity contribution >= 4 is 0 Å². The second kappa shape index (κ2) is 6.02. The van der Waals surface area contributed by atoms with Gasteiger partial charge in [0.15, 0.2) is 0 Å². The zero-order valence-corrected chi connectivity index (χ0v) is 11.0. The number of hydrogen-bond donors (Lipinski definition) is 1. The lowest BCUT2D eigenvalue weighted by Crippen LogP contribution is -2.47.